The van der Waals surface area contributed by atoms with E-state index in [9.17, 15) is 82.8 Å². The van der Waals surface area contributed by atoms with Crippen molar-refractivity contribution in [1.29, 1.82) is 0 Å². The summed E-state index contributed by atoms with van der Waals surface area (Å²) < 4.78 is 127. The average Bonchev–Trinajstić information content (AvgIpc) is 0.818. The van der Waals surface area contributed by atoms with Crippen LogP contribution < -0.4 is 0 Å². The molecule has 8 rings (SSSR count). The van der Waals surface area contributed by atoms with Crippen LogP contribution in [-0.4, -0.2) is 187 Å². The first-order valence-electron chi connectivity index (χ1n) is 37.8. The molecule has 662 valence electrons. The Kier molecular flexibility index (Phi) is 44.1. The Morgan fingerprint density at radius 1 is 0.374 bits per heavy atom. The van der Waals surface area contributed by atoms with Gasteiger partial charge in [-0.05, 0) is 135 Å². The number of carbonyl (C=O) groups excluding carboxylic acids is 5. The second-order valence-corrected chi connectivity index (χ2v) is 43.7. The summed E-state index contributed by atoms with van der Waals surface area (Å²) in [5.74, 6) is -4.08. The number of carboxylic acid groups (broad SMARTS) is 1. The van der Waals surface area contributed by atoms with E-state index in [1.54, 1.807) is 121 Å². The number of alkyl halides is 3. The number of benzene rings is 8. The molecule has 0 heterocycles. The first-order valence-corrected chi connectivity index (χ1v) is 51.7. The fourth-order valence-corrected chi connectivity index (χ4v) is 15.7. The number of aliphatic carboxylic acids is 1. The maximum Gasteiger partial charge on any atom is 0.339 e. The van der Waals surface area contributed by atoms with Crippen LogP contribution in [0.1, 0.15) is 105 Å². The van der Waals surface area contributed by atoms with Gasteiger partial charge in [0.25, 0.3) is 5.09 Å². The van der Waals surface area contributed by atoms with E-state index in [1.807, 2.05) is 36.4 Å². The van der Waals surface area contributed by atoms with E-state index in [0.29, 0.717) is 62.9 Å². The van der Waals surface area contributed by atoms with Crippen molar-refractivity contribution in [2.45, 2.75) is 98.5 Å². The molecular weight excluding hydrogens is 1880 g/mol. The quantitative estimate of drug-likeness (QED) is 0.00429. The molecule has 0 fully saturated rings. The van der Waals surface area contributed by atoms with Gasteiger partial charge in [0.15, 0.2) is 47.7 Å². The predicted molar refractivity (Wildman–Crippen MR) is 489 cm³/mol. The van der Waals surface area contributed by atoms with Gasteiger partial charge in [-0.3, -0.25) is 14.4 Å². The summed E-state index contributed by atoms with van der Waals surface area (Å²) in [7, 11) is -15.4. The van der Waals surface area contributed by atoms with E-state index in [-0.39, 0.29) is 99.6 Å². The molecule has 0 saturated carbocycles. The average molecular weight is 1980 g/mol. The highest BCUT2D eigenvalue weighted by molar-refractivity contribution is 9.09. The summed E-state index contributed by atoms with van der Waals surface area (Å²) in [6.07, 6.45) is 6.44. The van der Waals surface area contributed by atoms with Gasteiger partial charge in [0.1, 0.15) is 19.8 Å². The molecule has 26 nitrogen and oxygen atoms in total. The number of esters is 5. The van der Waals surface area contributed by atoms with Crippen LogP contribution in [0.3, 0.4) is 0 Å². The summed E-state index contributed by atoms with van der Waals surface area (Å²) in [6.45, 7) is 14.1. The van der Waals surface area contributed by atoms with Crippen molar-refractivity contribution in [1.82, 2.24) is 0 Å². The SMILES string of the molecule is BrCCCBr.CC(=O)OC/C(=C(\C(=O)O)c1ccccc1)c1ccc(S(C)(=O)=O)cc1.CC(=O)OC/C(=C(\C(=O)OCCCBr)c1ccccc1)c1ccc(S(C)(=O)=O)cc1.CC(=O)OC/C(=C(\C(=O)OCCCO[N+](=O)[O-])c1ccccc1)c1ccc(S(C)(=O)=O)cc1.CC(C)(C)[Si](C)(C)OC/C(=C(\CO)c1ccc(S(C)(=O)=O)cc1)c1ccccc1. The van der Waals surface area contributed by atoms with E-state index in [1.165, 1.54) is 94.1 Å². The van der Waals surface area contributed by atoms with Crippen LogP contribution in [0.25, 0.3) is 44.6 Å². The standard InChI is InChI=1S/C23H32O4SSi.C22H23BrO6S.C22H23NO9S.C19H18O6S.C3H6Br2/c1-23(2,3)29(5,6)27-17-22(18-10-8-7-9-11-18)21(16-24)19-12-14-20(15-13-19)28(4,25)26;1-16(24)29-15-20(17-9-11-19(12-10-17)30(2,26)27)21(18-7-4-3-5-8-18)22(25)28-14-6-13-23;1-16(24)31-15-20(17-9-11-19(12-10-17)33(2,28)29)21(18-7-4-3-5-8-18)22(25)30-13-6-14-32-23(26)27;1-13(20)25-12-17(14-8-10-16(11-9-14)26(2,23)24)18(19(21)22)15-6-4-3-5-7-15;4-2-1-3-5/h7-15,24H,16-17H2,1-6H3;3-5,7-12H,6,13-15H2,1-2H3;3-5,7-12H,6,13-15H2,1-2H3;3-11H,12H2,1-2H3,(H,21,22);1-3H2/b22-21-;2*21-20+;18-17+;. The smallest absolute Gasteiger partial charge is 0.339 e. The van der Waals surface area contributed by atoms with Crippen molar-refractivity contribution >= 4 is 176 Å². The van der Waals surface area contributed by atoms with Crippen LogP contribution in [0, 0.1) is 10.1 Å². The Hall–Kier alpha value is -9.88. The van der Waals surface area contributed by atoms with Crippen molar-refractivity contribution in [3.8, 4) is 0 Å². The van der Waals surface area contributed by atoms with E-state index in [2.05, 4.69) is 86.5 Å². The molecule has 34 heteroatoms. The Morgan fingerprint density at radius 3 is 0.894 bits per heavy atom. The Balaban J connectivity index is 0.000000338. The largest absolute Gasteiger partial charge is 0.478 e. The molecule has 2 N–H and O–H groups in total. The van der Waals surface area contributed by atoms with Crippen LogP contribution in [-0.2, 0) is 101 Å². The molecule has 0 spiro atoms. The predicted octanol–water partition coefficient (Wildman–Crippen LogP) is 16.4. The van der Waals surface area contributed by atoms with Crippen LogP contribution in [0.15, 0.2) is 238 Å². The fraction of sp³-hybridized carbons (Fsp3) is 0.303. The van der Waals surface area contributed by atoms with Crippen molar-refractivity contribution < 1.29 is 111 Å². The number of aliphatic hydroxyl groups is 1. The summed E-state index contributed by atoms with van der Waals surface area (Å²) in [4.78, 5) is 87.1. The molecule has 0 atom stereocenters. The second-order valence-electron chi connectivity index (χ2n) is 28.5. The van der Waals surface area contributed by atoms with Crippen molar-refractivity contribution in [2.24, 2.45) is 0 Å². The van der Waals surface area contributed by atoms with E-state index < -0.39 is 88.6 Å². The lowest BCUT2D eigenvalue weighted by Crippen LogP contribution is -2.41. The van der Waals surface area contributed by atoms with Gasteiger partial charge in [0, 0.05) is 84.9 Å². The molecule has 0 aromatic heterocycles. The number of nitrogens with zero attached hydrogens (tertiary/aromatic N) is 1. The molecule has 0 aliphatic rings. The van der Waals surface area contributed by atoms with Gasteiger partial charge in [0.2, 0.25) is 0 Å². The van der Waals surface area contributed by atoms with Crippen LogP contribution in [0.2, 0.25) is 18.1 Å². The van der Waals surface area contributed by atoms with Crippen molar-refractivity contribution in [3.05, 3.63) is 273 Å². The highest BCUT2D eigenvalue weighted by Crippen LogP contribution is 2.39. The minimum absolute atomic E-state index is 0.0149. The first-order chi connectivity index (χ1) is 57.8. The third-order valence-electron chi connectivity index (χ3n) is 18.0. The summed E-state index contributed by atoms with van der Waals surface area (Å²) in [6, 6.07) is 60.1. The number of sulfone groups is 4. The summed E-state index contributed by atoms with van der Waals surface area (Å²) in [5, 5.41) is 32.2. The Bertz CT molecular complexity index is 5460. The van der Waals surface area contributed by atoms with Gasteiger partial charge in [0.05, 0.1) is 69.3 Å². The molecule has 8 aromatic rings. The van der Waals surface area contributed by atoms with E-state index in [4.69, 9.17) is 28.1 Å². The Morgan fingerprint density at radius 2 is 0.642 bits per heavy atom. The van der Waals surface area contributed by atoms with Crippen LogP contribution in [0.4, 0.5) is 0 Å². The fourth-order valence-electron chi connectivity index (χ4n) is 10.7. The summed E-state index contributed by atoms with van der Waals surface area (Å²) >= 11 is 9.86. The first kappa shape index (κ1) is 105. The van der Waals surface area contributed by atoms with Crippen molar-refractivity contribution in [3.63, 3.8) is 0 Å². The van der Waals surface area contributed by atoms with E-state index in [0.717, 1.165) is 51.7 Å². The normalized spacial score (nSPS) is 12.3. The zero-order chi connectivity index (χ0) is 91.9. The molecule has 0 amide bonds. The lowest BCUT2D eigenvalue weighted by atomic mass is 9.95. The van der Waals surface area contributed by atoms with Crippen LogP contribution in [0.5, 0.6) is 0 Å². The summed E-state index contributed by atoms with van der Waals surface area (Å²) in [5.41, 5.74) is 7.83. The number of aliphatic hydroxyl groups excluding tert-OH is 1. The zero-order valence-corrected chi connectivity index (χ0v) is 79.2. The number of carboxylic acids is 1. The zero-order valence-electron chi connectivity index (χ0n) is 70.2. The topological polar surface area (TPSA) is 387 Å². The second kappa shape index (κ2) is 51.4. The van der Waals surface area contributed by atoms with Gasteiger partial charge in [-0.2, -0.15) is 0 Å². The van der Waals surface area contributed by atoms with E-state index >= 15 is 0 Å². The molecule has 0 saturated heterocycles. The lowest BCUT2D eigenvalue weighted by Gasteiger charge is -2.36. The highest BCUT2D eigenvalue weighted by Gasteiger charge is 2.38. The van der Waals surface area contributed by atoms with Gasteiger partial charge in [-0.15, -0.1) is 10.1 Å². The van der Waals surface area contributed by atoms with Crippen molar-refractivity contribution in [2.75, 3.05) is 93.9 Å². The molecule has 123 heavy (non-hydrogen) atoms. The molecule has 0 radical (unpaired) electrons. The molecule has 8 aromatic carbocycles. The maximum atomic E-state index is 13.0. The number of hydrogen-bond donors (Lipinski definition) is 2. The highest BCUT2D eigenvalue weighted by atomic mass is 79.9. The minimum atomic E-state index is -3.44. The van der Waals surface area contributed by atoms with Gasteiger partial charge in [-0.25, -0.2) is 48.1 Å². The monoisotopic (exact) mass is 1980 g/mol. The number of ether oxygens (including phenoxy) is 5. The molecular formula is C89H102Br3NO25S4Si. The third kappa shape index (κ3) is 36.5. The van der Waals surface area contributed by atoms with Gasteiger partial charge in [-0.1, -0.05) is 238 Å². The minimum Gasteiger partial charge on any atom is -0.478 e. The maximum absolute atomic E-state index is 13.0. The lowest BCUT2D eigenvalue weighted by molar-refractivity contribution is -0.757. The number of halogens is 3. The number of rotatable bonds is 35. The third-order valence-corrected chi connectivity index (χ3v) is 28.7. The van der Waals surface area contributed by atoms with Gasteiger partial charge < -0.3 is 43.2 Å². The Labute approximate surface area is 746 Å². The molecule has 0 unspecified atom stereocenters. The number of carbonyl (C=O) groups is 6. The molecule has 0 aliphatic carbocycles. The molecule has 0 bridgehead atoms. The van der Waals surface area contributed by atoms with Crippen LogP contribution >= 0.6 is 47.8 Å². The number of hydrogen-bond acceptors (Lipinski definition) is 24. The molecule has 0 aliphatic heterocycles. The van der Waals surface area contributed by atoms with Gasteiger partial charge >= 0.3 is 35.8 Å².